The number of hydrogen-bond acceptors (Lipinski definition) is 3. The summed E-state index contributed by atoms with van der Waals surface area (Å²) in [4.78, 5) is 20.8. The molecule has 2 aromatic heterocycles. The molecule has 0 aliphatic heterocycles. The number of nitrogens with zero attached hydrogens (tertiary/aromatic N) is 3. The summed E-state index contributed by atoms with van der Waals surface area (Å²) in [5, 5.41) is 6.40. The lowest BCUT2D eigenvalue weighted by atomic mass is 9.84. The van der Waals surface area contributed by atoms with E-state index < -0.39 is 0 Å². The van der Waals surface area contributed by atoms with E-state index in [2.05, 4.69) is 37.3 Å². The number of carbonyl (C=O) groups is 1. The van der Waals surface area contributed by atoms with E-state index in [4.69, 9.17) is 11.6 Å². The van der Waals surface area contributed by atoms with Crippen molar-refractivity contribution in [2.45, 2.75) is 24.9 Å². The molecule has 26 heavy (non-hydrogen) atoms. The number of pyridine rings is 1. The Kier molecular flexibility index (Phi) is 4.58. The Morgan fingerprint density at radius 1 is 1.23 bits per heavy atom. The Balaban J connectivity index is 1.58. The van der Waals surface area contributed by atoms with Gasteiger partial charge in [-0.1, -0.05) is 35.9 Å². The molecule has 0 saturated heterocycles. The SMILES string of the molecule is O=C(Nc1ccc(Cl)cn1)N[C@@H]1c2ccccc2CC[C@@H]1n1ccnc1. The number of hydrogen-bond donors (Lipinski definition) is 2. The van der Waals surface area contributed by atoms with Crippen LogP contribution in [0.5, 0.6) is 0 Å². The fourth-order valence-corrected chi connectivity index (χ4v) is 3.56. The van der Waals surface area contributed by atoms with Gasteiger partial charge in [0, 0.05) is 18.6 Å². The summed E-state index contributed by atoms with van der Waals surface area (Å²) in [5.74, 6) is 0.454. The largest absolute Gasteiger partial charge is 0.332 e. The standard InChI is InChI=1S/C19H18ClN5O/c20-14-6-8-17(22-11-14)23-19(26)24-18-15-4-2-1-3-13(15)5-7-16(18)25-10-9-21-12-25/h1-4,6,8-12,16,18H,5,7H2,(H2,22,23,24,26)/t16-,18+/m0/s1. The van der Waals surface area contributed by atoms with Gasteiger partial charge in [0.25, 0.3) is 0 Å². The first kappa shape index (κ1) is 16.6. The van der Waals surface area contributed by atoms with Gasteiger partial charge in [-0.25, -0.2) is 14.8 Å². The highest BCUT2D eigenvalue weighted by molar-refractivity contribution is 6.30. The minimum absolute atomic E-state index is 0.108. The smallest absolute Gasteiger partial charge is 0.320 e. The van der Waals surface area contributed by atoms with Gasteiger partial charge in [-0.05, 0) is 36.1 Å². The fraction of sp³-hybridized carbons (Fsp3) is 0.211. The van der Waals surface area contributed by atoms with Crippen molar-refractivity contribution in [2.75, 3.05) is 5.32 Å². The zero-order chi connectivity index (χ0) is 17.9. The third-order valence-electron chi connectivity index (χ3n) is 4.65. The molecule has 2 atom stereocenters. The number of rotatable bonds is 3. The predicted octanol–water partition coefficient (Wildman–Crippen LogP) is 3.98. The van der Waals surface area contributed by atoms with E-state index in [1.54, 1.807) is 24.7 Å². The second-order valence-electron chi connectivity index (χ2n) is 6.25. The Bertz CT molecular complexity index is 895. The van der Waals surface area contributed by atoms with Gasteiger partial charge in [0.15, 0.2) is 0 Å². The highest BCUT2D eigenvalue weighted by Gasteiger charge is 2.31. The monoisotopic (exact) mass is 367 g/mol. The van der Waals surface area contributed by atoms with Crippen LogP contribution < -0.4 is 10.6 Å². The summed E-state index contributed by atoms with van der Waals surface area (Å²) in [5.41, 5.74) is 2.40. The molecule has 0 spiro atoms. The third kappa shape index (κ3) is 3.41. The van der Waals surface area contributed by atoms with Crippen molar-refractivity contribution in [3.8, 4) is 0 Å². The molecule has 7 heteroatoms. The number of nitrogens with one attached hydrogen (secondary N) is 2. The van der Waals surface area contributed by atoms with Crippen molar-refractivity contribution in [1.29, 1.82) is 0 Å². The molecule has 132 valence electrons. The number of imidazole rings is 1. The Labute approximate surface area is 156 Å². The summed E-state index contributed by atoms with van der Waals surface area (Å²) in [6.45, 7) is 0. The minimum atomic E-state index is -0.299. The zero-order valence-electron chi connectivity index (χ0n) is 14.0. The van der Waals surface area contributed by atoms with Gasteiger partial charge in [0.1, 0.15) is 5.82 Å². The molecule has 0 fully saturated rings. The summed E-state index contributed by atoms with van der Waals surface area (Å²) >= 11 is 5.84. The van der Waals surface area contributed by atoms with Crippen LogP contribution in [-0.4, -0.2) is 20.6 Å². The molecule has 0 radical (unpaired) electrons. The lowest BCUT2D eigenvalue weighted by Gasteiger charge is -2.34. The average molecular weight is 368 g/mol. The van der Waals surface area contributed by atoms with Gasteiger partial charge in [-0.15, -0.1) is 0 Å². The number of urea groups is 1. The zero-order valence-corrected chi connectivity index (χ0v) is 14.7. The van der Waals surface area contributed by atoms with E-state index in [-0.39, 0.29) is 18.1 Å². The van der Waals surface area contributed by atoms with Crippen LogP contribution >= 0.6 is 11.6 Å². The highest BCUT2D eigenvalue weighted by atomic mass is 35.5. The van der Waals surface area contributed by atoms with Crippen LogP contribution in [-0.2, 0) is 6.42 Å². The second kappa shape index (κ2) is 7.17. The van der Waals surface area contributed by atoms with E-state index in [9.17, 15) is 4.79 Å². The lowest BCUT2D eigenvalue weighted by molar-refractivity contribution is 0.239. The van der Waals surface area contributed by atoms with E-state index in [0.717, 1.165) is 18.4 Å². The Morgan fingerprint density at radius 2 is 2.12 bits per heavy atom. The molecule has 1 aliphatic carbocycles. The normalized spacial score (nSPS) is 18.8. The Hall–Kier alpha value is -2.86. The molecule has 1 aromatic carbocycles. The van der Waals surface area contributed by atoms with Crippen LogP contribution in [0.1, 0.15) is 29.6 Å². The van der Waals surface area contributed by atoms with Crippen molar-refractivity contribution in [3.63, 3.8) is 0 Å². The molecule has 2 N–H and O–H groups in total. The molecule has 2 heterocycles. The predicted molar refractivity (Wildman–Crippen MR) is 100 cm³/mol. The third-order valence-corrected chi connectivity index (χ3v) is 4.87. The van der Waals surface area contributed by atoms with Crippen molar-refractivity contribution >= 4 is 23.4 Å². The average Bonchev–Trinajstić information content (AvgIpc) is 3.18. The summed E-state index contributed by atoms with van der Waals surface area (Å²) in [7, 11) is 0. The van der Waals surface area contributed by atoms with E-state index >= 15 is 0 Å². The molecule has 2 amide bonds. The van der Waals surface area contributed by atoms with Gasteiger partial charge < -0.3 is 9.88 Å². The van der Waals surface area contributed by atoms with Crippen LogP contribution in [0.2, 0.25) is 5.02 Å². The molecule has 0 bridgehead atoms. The van der Waals surface area contributed by atoms with Gasteiger partial charge >= 0.3 is 6.03 Å². The molecule has 3 aromatic rings. The van der Waals surface area contributed by atoms with Crippen molar-refractivity contribution in [3.05, 3.63) is 77.5 Å². The molecule has 4 rings (SSSR count). The topological polar surface area (TPSA) is 71.8 Å². The van der Waals surface area contributed by atoms with Crippen LogP contribution in [0.4, 0.5) is 10.6 Å². The number of aromatic nitrogens is 3. The molecular formula is C19H18ClN5O. The van der Waals surface area contributed by atoms with E-state index in [1.165, 1.54) is 11.8 Å². The van der Waals surface area contributed by atoms with E-state index in [0.29, 0.717) is 10.8 Å². The number of benzene rings is 1. The molecule has 0 unspecified atom stereocenters. The van der Waals surface area contributed by atoms with Gasteiger partial charge in [0.2, 0.25) is 0 Å². The van der Waals surface area contributed by atoms with E-state index in [1.807, 2.05) is 18.3 Å². The van der Waals surface area contributed by atoms with Gasteiger partial charge in [-0.2, -0.15) is 0 Å². The number of amides is 2. The fourth-order valence-electron chi connectivity index (χ4n) is 3.45. The number of anilines is 1. The summed E-state index contributed by atoms with van der Waals surface area (Å²) in [6.07, 6.45) is 8.89. The lowest BCUT2D eigenvalue weighted by Crippen LogP contribution is -2.39. The first-order valence-electron chi connectivity index (χ1n) is 8.45. The maximum atomic E-state index is 12.6. The highest BCUT2D eigenvalue weighted by Crippen LogP contribution is 2.37. The number of fused-ring (bicyclic) bond motifs is 1. The van der Waals surface area contributed by atoms with Crippen molar-refractivity contribution in [2.24, 2.45) is 0 Å². The number of carbonyl (C=O) groups excluding carboxylic acids is 1. The Morgan fingerprint density at radius 3 is 2.88 bits per heavy atom. The molecule has 1 aliphatic rings. The first-order chi connectivity index (χ1) is 12.7. The van der Waals surface area contributed by atoms with Crippen LogP contribution in [0.25, 0.3) is 0 Å². The van der Waals surface area contributed by atoms with Crippen LogP contribution in [0.3, 0.4) is 0 Å². The maximum Gasteiger partial charge on any atom is 0.320 e. The molecular weight excluding hydrogens is 350 g/mol. The number of aryl methyl sites for hydroxylation is 1. The summed E-state index contributed by atoms with van der Waals surface area (Å²) in [6, 6.07) is 11.2. The van der Waals surface area contributed by atoms with Crippen LogP contribution in [0, 0.1) is 0 Å². The van der Waals surface area contributed by atoms with Crippen LogP contribution in [0.15, 0.2) is 61.3 Å². The second-order valence-corrected chi connectivity index (χ2v) is 6.69. The quantitative estimate of drug-likeness (QED) is 0.735. The van der Waals surface area contributed by atoms with Gasteiger partial charge in [0.05, 0.1) is 23.4 Å². The molecule has 6 nitrogen and oxygen atoms in total. The van der Waals surface area contributed by atoms with Crippen molar-refractivity contribution in [1.82, 2.24) is 19.9 Å². The first-order valence-corrected chi connectivity index (χ1v) is 8.83. The maximum absolute atomic E-state index is 12.6. The van der Waals surface area contributed by atoms with Crippen molar-refractivity contribution < 1.29 is 4.79 Å². The minimum Gasteiger partial charge on any atom is -0.332 e. The molecule has 0 saturated carbocycles. The number of halogens is 1. The summed E-state index contributed by atoms with van der Waals surface area (Å²) < 4.78 is 2.06. The van der Waals surface area contributed by atoms with Gasteiger partial charge in [-0.3, -0.25) is 5.32 Å².